The Morgan fingerprint density at radius 2 is 2.35 bits per heavy atom. The van der Waals surface area contributed by atoms with Gasteiger partial charge in [0, 0.05) is 25.6 Å². The molecule has 1 saturated heterocycles. The van der Waals surface area contributed by atoms with Crippen LogP contribution in [0.15, 0.2) is 6.07 Å². The molecule has 1 amide bonds. The molecule has 6 nitrogen and oxygen atoms in total. The van der Waals surface area contributed by atoms with Gasteiger partial charge in [0.1, 0.15) is 5.82 Å². The van der Waals surface area contributed by atoms with Crippen LogP contribution in [0.1, 0.15) is 12.1 Å². The molecule has 1 aromatic heterocycles. The first-order valence-electron chi connectivity index (χ1n) is 6.34. The molecule has 1 fully saturated rings. The standard InChI is InChI=1S/C12H18F2N4O2/c1-8-3-10(17(2)16-8)15-11(20)5-18-7-12(13,14)4-9(18)6-19/h3,9,19H,4-7H2,1-2H3,(H,15,20). The van der Waals surface area contributed by atoms with Crippen LogP contribution < -0.4 is 5.32 Å². The summed E-state index contributed by atoms with van der Waals surface area (Å²) < 4.78 is 28.1. The van der Waals surface area contributed by atoms with Gasteiger partial charge in [-0.3, -0.25) is 14.4 Å². The minimum Gasteiger partial charge on any atom is -0.395 e. The molecule has 0 spiro atoms. The first-order chi connectivity index (χ1) is 9.30. The van der Waals surface area contributed by atoms with Gasteiger partial charge < -0.3 is 10.4 Å². The molecule has 2 heterocycles. The highest BCUT2D eigenvalue weighted by Crippen LogP contribution is 2.31. The second kappa shape index (κ2) is 5.45. The minimum atomic E-state index is -2.85. The minimum absolute atomic E-state index is 0.176. The van der Waals surface area contributed by atoms with Gasteiger partial charge >= 0.3 is 0 Å². The molecule has 20 heavy (non-hydrogen) atoms. The third-order valence-corrected chi connectivity index (χ3v) is 3.31. The number of aliphatic hydroxyl groups is 1. The maximum atomic E-state index is 13.3. The molecular formula is C12H18F2N4O2. The number of amides is 1. The van der Waals surface area contributed by atoms with Gasteiger partial charge in [-0.25, -0.2) is 8.78 Å². The van der Waals surface area contributed by atoms with Crippen molar-refractivity contribution < 1.29 is 18.7 Å². The van der Waals surface area contributed by atoms with E-state index in [9.17, 15) is 13.6 Å². The van der Waals surface area contributed by atoms with Gasteiger partial charge in [0.15, 0.2) is 0 Å². The summed E-state index contributed by atoms with van der Waals surface area (Å²) in [4.78, 5) is 13.2. The van der Waals surface area contributed by atoms with Gasteiger partial charge in [-0.2, -0.15) is 5.10 Å². The summed E-state index contributed by atoms with van der Waals surface area (Å²) in [5, 5.41) is 15.8. The molecule has 2 rings (SSSR count). The lowest BCUT2D eigenvalue weighted by atomic mass is 10.2. The monoisotopic (exact) mass is 288 g/mol. The lowest BCUT2D eigenvalue weighted by Gasteiger charge is -2.20. The van der Waals surface area contributed by atoms with Gasteiger partial charge in [-0.15, -0.1) is 0 Å². The van der Waals surface area contributed by atoms with E-state index in [1.165, 1.54) is 9.58 Å². The summed E-state index contributed by atoms with van der Waals surface area (Å²) >= 11 is 0. The number of hydrogen-bond donors (Lipinski definition) is 2. The zero-order valence-electron chi connectivity index (χ0n) is 11.4. The van der Waals surface area contributed by atoms with Gasteiger partial charge in [0.25, 0.3) is 5.92 Å². The Labute approximate surface area is 115 Å². The number of rotatable bonds is 4. The maximum absolute atomic E-state index is 13.3. The first kappa shape index (κ1) is 14.9. The lowest BCUT2D eigenvalue weighted by Crippen LogP contribution is -2.39. The van der Waals surface area contributed by atoms with Crippen molar-refractivity contribution in [1.82, 2.24) is 14.7 Å². The Morgan fingerprint density at radius 3 is 2.90 bits per heavy atom. The molecule has 1 aliphatic rings. The van der Waals surface area contributed by atoms with Crippen molar-refractivity contribution in [2.75, 3.05) is 25.0 Å². The third-order valence-electron chi connectivity index (χ3n) is 3.31. The van der Waals surface area contributed by atoms with E-state index in [1.54, 1.807) is 20.0 Å². The summed E-state index contributed by atoms with van der Waals surface area (Å²) in [6, 6.07) is 1.02. The number of anilines is 1. The van der Waals surface area contributed by atoms with Crippen molar-refractivity contribution in [2.45, 2.75) is 25.3 Å². The van der Waals surface area contributed by atoms with E-state index in [0.717, 1.165) is 5.69 Å². The highest BCUT2D eigenvalue weighted by molar-refractivity contribution is 5.91. The molecule has 1 atom stereocenters. The largest absolute Gasteiger partial charge is 0.395 e. The van der Waals surface area contributed by atoms with E-state index in [0.29, 0.717) is 5.82 Å². The number of hydrogen-bond acceptors (Lipinski definition) is 4. The Kier molecular flexibility index (Phi) is 4.05. The highest BCUT2D eigenvalue weighted by Gasteiger charge is 2.45. The average molecular weight is 288 g/mol. The van der Waals surface area contributed by atoms with Crippen LogP contribution in [0.2, 0.25) is 0 Å². The van der Waals surface area contributed by atoms with Crippen LogP contribution in [-0.2, 0) is 11.8 Å². The third kappa shape index (κ3) is 3.31. The Balaban J connectivity index is 1.96. The molecule has 0 aromatic carbocycles. The molecule has 1 aromatic rings. The van der Waals surface area contributed by atoms with Crippen LogP contribution in [0.4, 0.5) is 14.6 Å². The number of carbonyl (C=O) groups is 1. The predicted molar refractivity (Wildman–Crippen MR) is 68.6 cm³/mol. The lowest BCUT2D eigenvalue weighted by molar-refractivity contribution is -0.117. The molecule has 0 bridgehead atoms. The van der Waals surface area contributed by atoms with Crippen LogP contribution in [0, 0.1) is 6.92 Å². The zero-order valence-corrected chi connectivity index (χ0v) is 11.4. The maximum Gasteiger partial charge on any atom is 0.262 e. The van der Waals surface area contributed by atoms with Crippen molar-refractivity contribution in [3.8, 4) is 0 Å². The van der Waals surface area contributed by atoms with E-state index in [4.69, 9.17) is 5.11 Å². The fraction of sp³-hybridized carbons (Fsp3) is 0.667. The number of aryl methyl sites for hydroxylation is 2. The summed E-state index contributed by atoms with van der Waals surface area (Å²) in [6.07, 6.45) is -0.415. The summed E-state index contributed by atoms with van der Waals surface area (Å²) in [6.45, 7) is 0.729. The normalized spacial score (nSPS) is 22.1. The van der Waals surface area contributed by atoms with Crippen LogP contribution in [0.3, 0.4) is 0 Å². The quantitative estimate of drug-likeness (QED) is 0.840. The average Bonchev–Trinajstić information content (AvgIpc) is 2.78. The number of likely N-dealkylation sites (tertiary alicyclic amines) is 1. The van der Waals surface area contributed by atoms with E-state index in [2.05, 4.69) is 10.4 Å². The van der Waals surface area contributed by atoms with Crippen molar-refractivity contribution in [2.24, 2.45) is 7.05 Å². The fourth-order valence-corrected chi connectivity index (χ4v) is 2.42. The molecule has 0 radical (unpaired) electrons. The summed E-state index contributed by atoms with van der Waals surface area (Å²) in [5.41, 5.74) is 0.753. The topological polar surface area (TPSA) is 70.4 Å². The summed E-state index contributed by atoms with van der Waals surface area (Å²) in [7, 11) is 1.68. The number of alkyl halides is 2. The second-order valence-corrected chi connectivity index (χ2v) is 5.14. The summed E-state index contributed by atoms with van der Waals surface area (Å²) in [5.74, 6) is -2.74. The molecule has 0 aliphatic carbocycles. The first-order valence-corrected chi connectivity index (χ1v) is 6.34. The molecule has 1 unspecified atom stereocenters. The number of nitrogens with one attached hydrogen (secondary N) is 1. The van der Waals surface area contributed by atoms with Gasteiger partial charge in [0.2, 0.25) is 5.91 Å². The van der Waals surface area contributed by atoms with Crippen molar-refractivity contribution in [3.63, 3.8) is 0 Å². The molecular weight excluding hydrogens is 270 g/mol. The number of aromatic nitrogens is 2. The number of nitrogens with zero attached hydrogens (tertiary/aromatic N) is 3. The SMILES string of the molecule is Cc1cc(NC(=O)CN2CC(F)(F)CC2CO)n(C)n1. The van der Waals surface area contributed by atoms with Crippen LogP contribution in [0.25, 0.3) is 0 Å². The van der Waals surface area contributed by atoms with Crippen LogP contribution >= 0.6 is 0 Å². The molecule has 8 heteroatoms. The van der Waals surface area contributed by atoms with Gasteiger partial charge in [-0.05, 0) is 6.92 Å². The van der Waals surface area contributed by atoms with E-state index >= 15 is 0 Å². The fourth-order valence-electron chi connectivity index (χ4n) is 2.42. The second-order valence-electron chi connectivity index (χ2n) is 5.14. The Hall–Kier alpha value is -1.54. The Morgan fingerprint density at radius 1 is 1.65 bits per heavy atom. The van der Waals surface area contributed by atoms with Gasteiger partial charge in [-0.1, -0.05) is 0 Å². The van der Waals surface area contributed by atoms with Crippen molar-refractivity contribution in [3.05, 3.63) is 11.8 Å². The smallest absolute Gasteiger partial charge is 0.262 e. The molecule has 112 valence electrons. The molecule has 0 saturated carbocycles. The van der Waals surface area contributed by atoms with Gasteiger partial charge in [0.05, 0.1) is 25.4 Å². The zero-order chi connectivity index (χ0) is 14.9. The number of aliphatic hydroxyl groups excluding tert-OH is 1. The highest BCUT2D eigenvalue weighted by atomic mass is 19.3. The van der Waals surface area contributed by atoms with Crippen molar-refractivity contribution in [1.29, 1.82) is 0 Å². The predicted octanol–water partition coefficient (Wildman–Crippen LogP) is 0.369. The Bertz CT molecular complexity index is 504. The van der Waals surface area contributed by atoms with Crippen molar-refractivity contribution >= 4 is 11.7 Å². The number of halogens is 2. The van der Waals surface area contributed by atoms with E-state index < -0.39 is 30.8 Å². The van der Waals surface area contributed by atoms with Crippen LogP contribution in [-0.4, -0.2) is 57.4 Å². The van der Waals surface area contributed by atoms with E-state index in [-0.39, 0.29) is 13.2 Å². The van der Waals surface area contributed by atoms with Crippen LogP contribution in [0.5, 0.6) is 0 Å². The number of carbonyl (C=O) groups excluding carboxylic acids is 1. The molecule has 2 N–H and O–H groups in total. The van der Waals surface area contributed by atoms with E-state index in [1.807, 2.05) is 0 Å². The molecule has 1 aliphatic heterocycles.